The third-order valence-electron chi connectivity index (χ3n) is 1.89. The van der Waals surface area contributed by atoms with Gasteiger partial charge in [0.2, 0.25) is 16.0 Å². The predicted molar refractivity (Wildman–Crippen MR) is 62.3 cm³/mol. The highest BCUT2D eigenvalue weighted by molar-refractivity contribution is 7.89. The molecule has 0 radical (unpaired) electrons. The lowest BCUT2D eigenvalue weighted by atomic mass is 10.3. The van der Waals surface area contributed by atoms with Gasteiger partial charge in [-0.2, -0.15) is 4.98 Å². The fraction of sp³-hybridized carbons (Fsp3) is 0.500. The van der Waals surface area contributed by atoms with Crippen molar-refractivity contribution in [2.45, 2.75) is 13.3 Å². The smallest absolute Gasteiger partial charge is 0.221 e. The number of rotatable bonds is 5. The van der Waals surface area contributed by atoms with Crippen LogP contribution in [0.1, 0.15) is 12.0 Å². The molecule has 0 aliphatic carbocycles. The van der Waals surface area contributed by atoms with Crippen molar-refractivity contribution >= 4 is 21.8 Å². The van der Waals surface area contributed by atoms with E-state index in [-0.39, 0.29) is 11.7 Å². The van der Waals surface area contributed by atoms with Crippen LogP contribution in [0.15, 0.2) is 6.20 Å². The summed E-state index contributed by atoms with van der Waals surface area (Å²) in [5.74, 6) is 0.737. The van der Waals surface area contributed by atoms with Crippen LogP contribution in [-0.2, 0) is 10.0 Å². The normalized spacial score (nSPS) is 11.4. The molecular formula is C8H15N5O2S. The second-order valence-electron chi connectivity index (χ2n) is 3.41. The van der Waals surface area contributed by atoms with Crippen LogP contribution in [0.5, 0.6) is 0 Å². The zero-order valence-corrected chi connectivity index (χ0v) is 9.79. The van der Waals surface area contributed by atoms with E-state index in [4.69, 9.17) is 10.9 Å². The van der Waals surface area contributed by atoms with Gasteiger partial charge in [-0.25, -0.2) is 18.5 Å². The van der Waals surface area contributed by atoms with Crippen LogP contribution in [0.3, 0.4) is 0 Å². The van der Waals surface area contributed by atoms with Gasteiger partial charge in [0.25, 0.3) is 0 Å². The summed E-state index contributed by atoms with van der Waals surface area (Å²) in [6, 6.07) is 0. The number of anilines is 2. The van der Waals surface area contributed by atoms with Crippen LogP contribution in [0.4, 0.5) is 11.8 Å². The Balaban J connectivity index is 2.46. The number of nitrogens with two attached hydrogens (primary N) is 2. The van der Waals surface area contributed by atoms with Gasteiger partial charge < -0.3 is 11.1 Å². The molecule has 1 rings (SSSR count). The monoisotopic (exact) mass is 245 g/mol. The van der Waals surface area contributed by atoms with E-state index in [1.54, 1.807) is 6.20 Å². The molecule has 5 N–H and O–H groups in total. The molecule has 8 heteroatoms. The van der Waals surface area contributed by atoms with E-state index in [2.05, 4.69) is 15.3 Å². The summed E-state index contributed by atoms with van der Waals surface area (Å²) in [6.45, 7) is 2.30. The molecule has 0 saturated heterocycles. The summed E-state index contributed by atoms with van der Waals surface area (Å²) < 4.78 is 21.3. The van der Waals surface area contributed by atoms with Crippen molar-refractivity contribution in [1.29, 1.82) is 0 Å². The number of nitrogens with one attached hydrogen (secondary N) is 1. The first-order chi connectivity index (χ1) is 7.38. The van der Waals surface area contributed by atoms with Crippen LogP contribution in [0, 0.1) is 6.92 Å². The van der Waals surface area contributed by atoms with Crippen molar-refractivity contribution in [3.63, 3.8) is 0 Å². The van der Waals surface area contributed by atoms with E-state index >= 15 is 0 Å². The fourth-order valence-electron chi connectivity index (χ4n) is 1.11. The Morgan fingerprint density at radius 2 is 2.19 bits per heavy atom. The molecule has 1 aromatic heterocycles. The largest absolute Gasteiger partial charge is 0.370 e. The third kappa shape index (κ3) is 4.41. The maximum absolute atomic E-state index is 10.7. The molecule has 0 amide bonds. The molecular weight excluding hydrogens is 230 g/mol. The maximum Gasteiger partial charge on any atom is 0.221 e. The van der Waals surface area contributed by atoms with Gasteiger partial charge in [0.05, 0.1) is 5.75 Å². The van der Waals surface area contributed by atoms with E-state index in [9.17, 15) is 8.42 Å². The van der Waals surface area contributed by atoms with E-state index in [1.807, 2.05) is 6.92 Å². The predicted octanol–water partition coefficient (Wildman–Crippen LogP) is -0.542. The first kappa shape index (κ1) is 12.7. The Kier molecular flexibility index (Phi) is 4.02. The zero-order valence-electron chi connectivity index (χ0n) is 8.97. The average Bonchev–Trinajstić information content (AvgIpc) is 2.16. The van der Waals surface area contributed by atoms with Gasteiger partial charge in [-0.1, -0.05) is 0 Å². The number of hydrogen-bond acceptors (Lipinski definition) is 6. The number of aryl methyl sites for hydroxylation is 1. The van der Waals surface area contributed by atoms with Gasteiger partial charge in [0.15, 0.2) is 0 Å². The highest BCUT2D eigenvalue weighted by Crippen LogP contribution is 2.10. The highest BCUT2D eigenvalue weighted by atomic mass is 32.2. The van der Waals surface area contributed by atoms with Crippen molar-refractivity contribution in [2.75, 3.05) is 23.3 Å². The Labute approximate surface area is 94.3 Å². The zero-order chi connectivity index (χ0) is 12.2. The molecule has 0 unspecified atom stereocenters. The molecule has 0 saturated carbocycles. The van der Waals surface area contributed by atoms with Crippen LogP contribution in [-0.4, -0.2) is 30.7 Å². The van der Waals surface area contributed by atoms with Gasteiger partial charge in [0.1, 0.15) is 5.82 Å². The first-order valence-corrected chi connectivity index (χ1v) is 6.43. The Morgan fingerprint density at radius 1 is 1.50 bits per heavy atom. The second-order valence-corrected chi connectivity index (χ2v) is 5.14. The van der Waals surface area contributed by atoms with Crippen molar-refractivity contribution in [2.24, 2.45) is 5.14 Å². The minimum atomic E-state index is -3.39. The molecule has 0 fully saturated rings. The lowest BCUT2D eigenvalue weighted by Gasteiger charge is -2.07. The maximum atomic E-state index is 10.7. The third-order valence-corrected chi connectivity index (χ3v) is 2.75. The van der Waals surface area contributed by atoms with Crippen LogP contribution >= 0.6 is 0 Å². The second kappa shape index (κ2) is 5.08. The Morgan fingerprint density at radius 3 is 2.81 bits per heavy atom. The number of nitrogens with zero attached hydrogens (tertiary/aromatic N) is 2. The molecule has 90 valence electrons. The van der Waals surface area contributed by atoms with Crippen molar-refractivity contribution in [1.82, 2.24) is 9.97 Å². The van der Waals surface area contributed by atoms with Gasteiger partial charge in [-0.3, -0.25) is 0 Å². The lowest BCUT2D eigenvalue weighted by molar-refractivity contribution is 0.595. The van der Waals surface area contributed by atoms with E-state index < -0.39 is 10.0 Å². The quantitative estimate of drug-likeness (QED) is 0.598. The summed E-state index contributed by atoms with van der Waals surface area (Å²) in [5.41, 5.74) is 6.27. The van der Waals surface area contributed by atoms with Crippen LogP contribution < -0.4 is 16.2 Å². The van der Waals surface area contributed by atoms with Gasteiger partial charge in [0, 0.05) is 18.3 Å². The number of aromatic nitrogens is 2. The number of sulfonamides is 1. The van der Waals surface area contributed by atoms with Crippen LogP contribution in [0.2, 0.25) is 0 Å². The summed E-state index contributed by atoms with van der Waals surface area (Å²) in [4.78, 5) is 7.80. The molecule has 0 bridgehead atoms. The topological polar surface area (TPSA) is 124 Å². The van der Waals surface area contributed by atoms with E-state index in [0.29, 0.717) is 18.8 Å². The minimum Gasteiger partial charge on any atom is -0.370 e. The van der Waals surface area contributed by atoms with Gasteiger partial charge in [-0.15, -0.1) is 0 Å². The first-order valence-electron chi connectivity index (χ1n) is 4.72. The summed E-state index contributed by atoms with van der Waals surface area (Å²) in [7, 11) is -3.39. The number of primary sulfonamides is 1. The highest BCUT2D eigenvalue weighted by Gasteiger charge is 2.04. The molecule has 0 aromatic carbocycles. The number of hydrogen-bond donors (Lipinski definition) is 3. The molecule has 7 nitrogen and oxygen atoms in total. The van der Waals surface area contributed by atoms with Crippen LogP contribution in [0.25, 0.3) is 0 Å². The van der Waals surface area contributed by atoms with Gasteiger partial charge >= 0.3 is 0 Å². The summed E-state index contributed by atoms with van der Waals surface area (Å²) >= 11 is 0. The molecule has 16 heavy (non-hydrogen) atoms. The fourth-order valence-corrected chi connectivity index (χ4v) is 1.66. The van der Waals surface area contributed by atoms with Crippen molar-refractivity contribution in [3.05, 3.63) is 11.8 Å². The Hall–Kier alpha value is -1.41. The number of nitrogen functional groups attached to an aromatic ring is 1. The molecule has 0 atom stereocenters. The Bertz CT molecular complexity index is 459. The molecule has 1 aromatic rings. The van der Waals surface area contributed by atoms with Crippen molar-refractivity contribution in [3.8, 4) is 0 Å². The average molecular weight is 245 g/mol. The molecule has 0 aliphatic heterocycles. The SMILES string of the molecule is Cc1cnc(N)nc1NCCCS(N)(=O)=O. The molecule has 1 heterocycles. The van der Waals surface area contributed by atoms with Crippen molar-refractivity contribution < 1.29 is 8.42 Å². The van der Waals surface area contributed by atoms with E-state index in [1.165, 1.54) is 0 Å². The minimum absolute atomic E-state index is 0.0559. The molecule has 0 aliphatic rings. The van der Waals surface area contributed by atoms with Gasteiger partial charge in [-0.05, 0) is 13.3 Å². The summed E-state index contributed by atoms with van der Waals surface area (Å²) in [5, 5.41) is 7.84. The van der Waals surface area contributed by atoms with E-state index in [0.717, 1.165) is 5.56 Å². The molecule has 0 spiro atoms. The standard InChI is InChI=1S/C8H15N5O2S/c1-6-5-12-8(9)13-7(6)11-3-2-4-16(10,14)15/h5H,2-4H2,1H3,(H2,10,14,15)(H3,9,11,12,13). The summed E-state index contributed by atoms with van der Waals surface area (Å²) in [6.07, 6.45) is 2.02. The lowest BCUT2D eigenvalue weighted by Crippen LogP contribution is -2.19.